The number of nitrogens with one attached hydrogen (secondary N) is 1. The molecule has 1 N–H and O–H groups in total. The number of carbonyl (C=O) groups excluding carboxylic acids is 1. The second-order valence-electron chi connectivity index (χ2n) is 3.63. The number of nitrogens with zero attached hydrogens (tertiary/aromatic N) is 1. The fourth-order valence-electron chi connectivity index (χ4n) is 1.68. The molecule has 0 unspecified atom stereocenters. The average molecular weight is 265 g/mol. The number of rotatable bonds is 4. The summed E-state index contributed by atoms with van der Waals surface area (Å²) in [4.78, 5) is 24.3. The Balaban J connectivity index is 2.49. The summed E-state index contributed by atoms with van der Waals surface area (Å²) < 4.78 is 0. The van der Waals surface area contributed by atoms with Crippen LogP contribution in [0, 0.1) is 10.1 Å². The van der Waals surface area contributed by atoms with E-state index in [2.05, 4.69) is 4.98 Å². The summed E-state index contributed by atoms with van der Waals surface area (Å²) in [6.45, 7) is 0. The van der Waals surface area contributed by atoms with Crippen molar-refractivity contribution in [2.45, 2.75) is 0 Å². The molecule has 0 saturated heterocycles. The molecule has 0 atom stereocenters. The normalized spacial score (nSPS) is 11.2. The zero-order valence-corrected chi connectivity index (χ0v) is 9.98. The number of nitro benzene ring substituents is 1. The quantitative estimate of drug-likeness (QED) is 0.399. The van der Waals surface area contributed by atoms with Crippen LogP contribution in [0.3, 0.4) is 0 Å². The predicted molar refractivity (Wildman–Crippen MR) is 69.7 cm³/mol. The lowest BCUT2D eigenvalue weighted by atomic mass is 10.1. The average Bonchev–Trinajstić information content (AvgIpc) is 2.78. The van der Waals surface area contributed by atoms with Gasteiger partial charge in [-0.1, -0.05) is 12.1 Å². The highest BCUT2D eigenvalue weighted by Gasteiger charge is 2.13. The van der Waals surface area contributed by atoms with E-state index in [0.717, 1.165) is 0 Å². The highest BCUT2D eigenvalue weighted by Crippen LogP contribution is 2.27. The van der Waals surface area contributed by atoms with Crippen molar-refractivity contribution in [2.24, 2.45) is 0 Å². The van der Waals surface area contributed by atoms with Crippen LogP contribution < -0.4 is 0 Å². The molecule has 0 radical (unpaired) electrons. The molecule has 0 bridgehead atoms. The summed E-state index contributed by atoms with van der Waals surface area (Å²) in [5.41, 5.74) is 1.17. The number of halogens is 1. The van der Waals surface area contributed by atoms with Gasteiger partial charge in [0.15, 0.2) is 5.78 Å². The van der Waals surface area contributed by atoms with Crippen LogP contribution in [0.4, 0.5) is 5.69 Å². The van der Waals surface area contributed by atoms with E-state index in [4.69, 9.17) is 11.6 Å². The maximum absolute atomic E-state index is 11.1. The van der Waals surface area contributed by atoms with E-state index < -0.39 is 4.92 Å². The van der Waals surface area contributed by atoms with Crippen molar-refractivity contribution >= 4 is 40.1 Å². The number of carbonyl (C=O) groups is 1. The van der Waals surface area contributed by atoms with Gasteiger partial charge in [0.1, 0.15) is 5.52 Å². The van der Waals surface area contributed by atoms with Gasteiger partial charge in [0, 0.05) is 23.2 Å². The number of hydrogen-bond acceptors (Lipinski definition) is 3. The molecule has 0 amide bonds. The largest absolute Gasteiger partial charge is 0.355 e. The first-order chi connectivity index (χ1) is 8.63. The molecule has 2 rings (SSSR count). The molecule has 5 nitrogen and oxygen atoms in total. The van der Waals surface area contributed by atoms with E-state index in [1.807, 2.05) is 0 Å². The smallest absolute Gasteiger partial charge is 0.293 e. The molecule has 0 aliphatic rings. The summed E-state index contributed by atoms with van der Waals surface area (Å²) in [6.07, 6.45) is 4.57. The first-order valence-corrected chi connectivity index (χ1v) is 5.68. The van der Waals surface area contributed by atoms with Gasteiger partial charge in [-0.3, -0.25) is 14.9 Å². The second kappa shape index (κ2) is 5.01. The van der Waals surface area contributed by atoms with Gasteiger partial charge in [-0.2, -0.15) is 0 Å². The van der Waals surface area contributed by atoms with Gasteiger partial charge in [-0.05, 0) is 12.2 Å². The zero-order chi connectivity index (χ0) is 13.1. The Morgan fingerprint density at radius 2 is 2.28 bits per heavy atom. The van der Waals surface area contributed by atoms with Crippen LogP contribution in [0.2, 0.25) is 0 Å². The molecule has 6 heteroatoms. The van der Waals surface area contributed by atoms with E-state index in [-0.39, 0.29) is 17.4 Å². The predicted octanol–water partition coefficient (Wildman–Crippen LogP) is 2.90. The number of nitro groups is 1. The van der Waals surface area contributed by atoms with Gasteiger partial charge in [0.25, 0.3) is 5.69 Å². The van der Waals surface area contributed by atoms with E-state index in [0.29, 0.717) is 16.5 Å². The second-order valence-corrected chi connectivity index (χ2v) is 3.90. The van der Waals surface area contributed by atoms with Crippen LogP contribution in [0.1, 0.15) is 5.56 Å². The number of para-hydroxylation sites is 1. The maximum atomic E-state index is 11.1. The third-order valence-corrected chi connectivity index (χ3v) is 2.77. The van der Waals surface area contributed by atoms with Crippen molar-refractivity contribution in [3.05, 3.63) is 46.1 Å². The summed E-state index contributed by atoms with van der Waals surface area (Å²) in [5.74, 6) is -0.296. The lowest BCUT2D eigenvalue weighted by molar-refractivity contribution is -0.383. The van der Waals surface area contributed by atoms with Crippen LogP contribution in [0.15, 0.2) is 30.5 Å². The standard InChI is InChI=1S/C12H9ClN2O3/c13-6-9(16)5-4-8-7-14-12-10(8)2-1-3-11(12)15(17)18/h1-5,7,14H,6H2/b5-4+. The molecule has 0 aliphatic heterocycles. The van der Waals surface area contributed by atoms with Crippen molar-refractivity contribution in [1.29, 1.82) is 0 Å². The van der Waals surface area contributed by atoms with E-state index in [1.165, 1.54) is 12.1 Å². The molecule has 1 aromatic carbocycles. The van der Waals surface area contributed by atoms with Gasteiger partial charge < -0.3 is 4.98 Å². The summed E-state index contributed by atoms with van der Waals surface area (Å²) >= 11 is 5.38. The highest BCUT2D eigenvalue weighted by atomic mass is 35.5. The number of fused-ring (bicyclic) bond motifs is 1. The number of benzene rings is 1. The number of hydrogen-bond donors (Lipinski definition) is 1. The Morgan fingerprint density at radius 1 is 1.50 bits per heavy atom. The van der Waals surface area contributed by atoms with Gasteiger partial charge in [-0.15, -0.1) is 11.6 Å². The molecule has 1 heterocycles. The Labute approximate surface area is 107 Å². The van der Waals surface area contributed by atoms with E-state index in [9.17, 15) is 14.9 Å². The monoisotopic (exact) mass is 264 g/mol. The number of allylic oxidation sites excluding steroid dienone is 1. The number of aromatic nitrogens is 1. The maximum Gasteiger partial charge on any atom is 0.293 e. The Kier molecular flexibility index (Phi) is 3.43. The molecule has 0 aliphatic carbocycles. The van der Waals surface area contributed by atoms with Gasteiger partial charge in [0.2, 0.25) is 0 Å². The Morgan fingerprint density at radius 3 is 2.94 bits per heavy atom. The van der Waals surface area contributed by atoms with Crippen molar-refractivity contribution in [3.63, 3.8) is 0 Å². The molecule has 92 valence electrons. The molecule has 0 saturated carbocycles. The highest BCUT2D eigenvalue weighted by molar-refractivity contribution is 6.29. The summed E-state index contributed by atoms with van der Waals surface area (Å²) in [6, 6.07) is 4.79. The molecule has 0 spiro atoms. The minimum Gasteiger partial charge on any atom is -0.355 e. The molecular weight excluding hydrogens is 256 g/mol. The minimum absolute atomic E-state index is 0.0100. The van der Waals surface area contributed by atoms with Crippen molar-refractivity contribution in [2.75, 3.05) is 5.88 Å². The van der Waals surface area contributed by atoms with Crippen LogP contribution in [-0.2, 0) is 4.79 Å². The molecule has 1 aromatic heterocycles. The first kappa shape index (κ1) is 12.3. The third-order valence-electron chi connectivity index (χ3n) is 2.50. The van der Waals surface area contributed by atoms with E-state index >= 15 is 0 Å². The third kappa shape index (κ3) is 2.26. The van der Waals surface area contributed by atoms with Crippen LogP contribution >= 0.6 is 11.6 Å². The SMILES string of the molecule is O=C(/C=C/c1c[nH]c2c([N+](=O)[O-])cccc12)CCl. The lowest BCUT2D eigenvalue weighted by Crippen LogP contribution is -1.91. The molecular formula is C12H9ClN2O3. The molecule has 2 aromatic rings. The Hall–Kier alpha value is -2.14. The van der Waals surface area contributed by atoms with Crippen LogP contribution in [-0.4, -0.2) is 21.6 Å². The minimum atomic E-state index is -0.448. The lowest BCUT2D eigenvalue weighted by Gasteiger charge is -1.94. The van der Waals surface area contributed by atoms with Gasteiger partial charge >= 0.3 is 0 Å². The van der Waals surface area contributed by atoms with Crippen LogP contribution in [0.5, 0.6) is 0 Å². The van der Waals surface area contributed by atoms with E-state index in [1.54, 1.807) is 24.4 Å². The van der Waals surface area contributed by atoms with Crippen LogP contribution in [0.25, 0.3) is 17.0 Å². The van der Waals surface area contributed by atoms with Crippen molar-refractivity contribution in [1.82, 2.24) is 4.98 Å². The van der Waals surface area contributed by atoms with Crippen molar-refractivity contribution in [3.8, 4) is 0 Å². The molecule has 18 heavy (non-hydrogen) atoms. The van der Waals surface area contributed by atoms with Gasteiger partial charge in [-0.25, -0.2) is 0 Å². The zero-order valence-electron chi connectivity index (χ0n) is 9.22. The number of non-ortho nitro benzene ring substituents is 1. The fourth-order valence-corrected chi connectivity index (χ4v) is 1.77. The van der Waals surface area contributed by atoms with Crippen molar-refractivity contribution < 1.29 is 9.72 Å². The van der Waals surface area contributed by atoms with Gasteiger partial charge in [0.05, 0.1) is 10.8 Å². The first-order valence-electron chi connectivity index (χ1n) is 5.15. The number of aromatic amines is 1. The summed E-state index contributed by atoms with van der Waals surface area (Å²) in [7, 11) is 0. The Bertz CT molecular complexity index is 646. The number of H-pyrrole nitrogens is 1. The number of alkyl halides is 1. The fraction of sp³-hybridized carbons (Fsp3) is 0.0833. The molecule has 0 fully saturated rings. The topological polar surface area (TPSA) is 76.0 Å². The summed E-state index contributed by atoms with van der Waals surface area (Å²) in [5, 5.41) is 11.5. The number of ketones is 1.